The summed E-state index contributed by atoms with van der Waals surface area (Å²) in [4.78, 5) is 12.5. The van der Waals surface area contributed by atoms with Crippen molar-refractivity contribution in [1.29, 1.82) is 0 Å². The van der Waals surface area contributed by atoms with E-state index >= 15 is 0 Å². The molecule has 0 aliphatic heterocycles. The zero-order valence-electron chi connectivity index (χ0n) is 13.6. The van der Waals surface area contributed by atoms with Gasteiger partial charge in [-0.1, -0.05) is 76.6 Å². The van der Waals surface area contributed by atoms with Crippen molar-refractivity contribution >= 4 is 27.8 Å². The van der Waals surface area contributed by atoms with Crippen LogP contribution in [0.5, 0.6) is 5.75 Å². The molecule has 124 valence electrons. The maximum absolute atomic E-state index is 12.5. The number of allylic oxidation sites excluding steroid dienone is 1. The van der Waals surface area contributed by atoms with Crippen molar-refractivity contribution in [3.63, 3.8) is 0 Å². The second-order valence-corrected chi connectivity index (χ2v) is 6.44. The largest absolute Gasteiger partial charge is 0.488 e. The Hall–Kier alpha value is -2.65. The molecule has 0 spiro atoms. The van der Waals surface area contributed by atoms with Crippen LogP contribution in [0.4, 0.5) is 0 Å². The van der Waals surface area contributed by atoms with Crippen LogP contribution in [-0.2, 0) is 6.61 Å². The number of hydrogen-bond donors (Lipinski definition) is 0. The van der Waals surface area contributed by atoms with Crippen LogP contribution in [0.2, 0.25) is 0 Å². The molecule has 2 nitrogen and oxygen atoms in total. The minimum Gasteiger partial charge on any atom is -0.488 e. The van der Waals surface area contributed by atoms with Crippen molar-refractivity contribution in [2.75, 3.05) is 0 Å². The van der Waals surface area contributed by atoms with Gasteiger partial charge in [0.25, 0.3) is 0 Å². The van der Waals surface area contributed by atoms with E-state index in [-0.39, 0.29) is 5.78 Å². The molecule has 3 rings (SSSR count). The van der Waals surface area contributed by atoms with Gasteiger partial charge in [0.1, 0.15) is 12.4 Å². The van der Waals surface area contributed by atoms with Crippen LogP contribution >= 0.6 is 15.9 Å². The molecule has 0 unspecified atom stereocenters. The number of carbonyl (C=O) groups excluding carboxylic acids is 1. The number of carbonyl (C=O) groups is 1. The number of hydrogen-bond acceptors (Lipinski definition) is 2. The molecular formula is C22H17BrO2. The fourth-order valence-corrected chi connectivity index (χ4v) is 2.63. The molecule has 0 saturated carbocycles. The predicted molar refractivity (Wildman–Crippen MR) is 105 cm³/mol. The highest BCUT2D eigenvalue weighted by atomic mass is 79.9. The lowest BCUT2D eigenvalue weighted by molar-refractivity contribution is 0.104. The quantitative estimate of drug-likeness (QED) is 0.384. The van der Waals surface area contributed by atoms with Crippen LogP contribution in [0.3, 0.4) is 0 Å². The van der Waals surface area contributed by atoms with Gasteiger partial charge in [-0.3, -0.25) is 4.79 Å². The van der Waals surface area contributed by atoms with Crippen LogP contribution in [-0.4, -0.2) is 5.78 Å². The summed E-state index contributed by atoms with van der Waals surface area (Å²) in [5.74, 6) is 0.517. The third kappa shape index (κ3) is 4.91. The summed E-state index contributed by atoms with van der Waals surface area (Å²) in [6.07, 6.45) is 3.39. The average molecular weight is 393 g/mol. The van der Waals surface area contributed by atoms with Gasteiger partial charge in [0.05, 0.1) is 5.56 Å². The van der Waals surface area contributed by atoms with E-state index in [0.29, 0.717) is 17.9 Å². The molecule has 0 aliphatic carbocycles. The van der Waals surface area contributed by atoms with Crippen LogP contribution < -0.4 is 4.74 Å². The minimum atomic E-state index is -0.0772. The number of para-hydroxylation sites is 1. The Morgan fingerprint density at radius 2 is 1.56 bits per heavy atom. The lowest BCUT2D eigenvalue weighted by atomic mass is 10.1. The molecule has 0 aromatic heterocycles. The number of rotatable bonds is 6. The Morgan fingerprint density at radius 3 is 2.32 bits per heavy atom. The zero-order valence-corrected chi connectivity index (χ0v) is 15.1. The highest BCUT2D eigenvalue weighted by Gasteiger charge is 2.09. The molecule has 3 aromatic carbocycles. The first kappa shape index (κ1) is 17.2. The molecule has 0 heterocycles. The molecule has 0 atom stereocenters. The van der Waals surface area contributed by atoms with Crippen molar-refractivity contribution in [3.05, 3.63) is 106 Å². The highest BCUT2D eigenvalue weighted by molar-refractivity contribution is 9.10. The van der Waals surface area contributed by atoms with Crippen molar-refractivity contribution in [3.8, 4) is 5.75 Å². The summed E-state index contributed by atoms with van der Waals surface area (Å²) < 4.78 is 6.86. The van der Waals surface area contributed by atoms with Gasteiger partial charge in [-0.15, -0.1) is 0 Å². The Kier molecular flexibility index (Phi) is 5.81. The molecule has 0 fully saturated rings. The summed E-state index contributed by atoms with van der Waals surface area (Å²) in [6.45, 7) is 0.432. The highest BCUT2D eigenvalue weighted by Crippen LogP contribution is 2.21. The Labute approximate surface area is 155 Å². The summed E-state index contributed by atoms with van der Waals surface area (Å²) in [6, 6.07) is 25.0. The standard InChI is InChI=1S/C22H17BrO2/c23-19-13-10-17(11-14-19)12-15-21(24)20-8-4-5-9-22(20)25-16-18-6-2-1-3-7-18/h1-15H,16H2/b15-12-. The van der Waals surface area contributed by atoms with E-state index in [0.717, 1.165) is 15.6 Å². The summed E-state index contributed by atoms with van der Waals surface area (Å²) in [7, 11) is 0. The number of ketones is 1. The third-order valence-corrected chi connectivity index (χ3v) is 4.22. The third-order valence-electron chi connectivity index (χ3n) is 3.69. The maximum Gasteiger partial charge on any atom is 0.189 e. The molecule has 0 N–H and O–H groups in total. The molecule has 25 heavy (non-hydrogen) atoms. The summed E-state index contributed by atoms with van der Waals surface area (Å²) in [5.41, 5.74) is 2.60. The Balaban J connectivity index is 1.73. The van der Waals surface area contributed by atoms with Crippen molar-refractivity contribution in [2.45, 2.75) is 6.61 Å². The maximum atomic E-state index is 12.5. The lowest BCUT2D eigenvalue weighted by Crippen LogP contribution is -2.02. The SMILES string of the molecule is O=C(/C=C\c1ccc(Br)cc1)c1ccccc1OCc1ccccc1. The zero-order chi connectivity index (χ0) is 17.5. The smallest absolute Gasteiger partial charge is 0.189 e. The van der Waals surface area contributed by atoms with Gasteiger partial charge in [0.15, 0.2) is 5.78 Å². The van der Waals surface area contributed by atoms with Gasteiger partial charge in [-0.05, 0) is 41.5 Å². The van der Waals surface area contributed by atoms with Crippen LogP contribution in [0.25, 0.3) is 6.08 Å². The molecule has 0 amide bonds. The molecule has 0 bridgehead atoms. The molecule has 0 radical (unpaired) electrons. The summed E-state index contributed by atoms with van der Waals surface area (Å²) in [5, 5.41) is 0. The fourth-order valence-electron chi connectivity index (χ4n) is 2.37. The molecule has 3 heteroatoms. The van der Waals surface area contributed by atoms with E-state index in [2.05, 4.69) is 15.9 Å². The van der Waals surface area contributed by atoms with E-state index in [9.17, 15) is 4.79 Å². The van der Waals surface area contributed by atoms with Gasteiger partial charge in [0.2, 0.25) is 0 Å². The van der Waals surface area contributed by atoms with E-state index in [4.69, 9.17) is 4.74 Å². The first-order valence-corrected chi connectivity index (χ1v) is 8.75. The fraction of sp³-hybridized carbons (Fsp3) is 0.0455. The summed E-state index contributed by atoms with van der Waals surface area (Å²) >= 11 is 3.40. The molecule has 3 aromatic rings. The predicted octanol–water partition coefficient (Wildman–Crippen LogP) is 5.92. The second kappa shape index (κ2) is 8.45. The van der Waals surface area contributed by atoms with E-state index in [1.165, 1.54) is 0 Å². The van der Waals surface area contributed by atoms with E-state index in [1.807, 2.05) is 78.9 Å². The Bertz CT molecular complexity index is 868. The van der Waals surface area contributed by atoms with Crippen molar-refractivity contribution < 1.29 is 9.53 Å². The molecule has 0 aliphatic rings. The van der Waals surface area contributed by atoms with Crippen molar-refractivity contribution in [2.24, 2.45) is 0 Å². The lowest BCUT2D eigenvalue weighted by Gasteiger charge is -2.09. The first-order chi connectivity index (χ1) is 12.2. The molecular weight excluding hydrogens is 376 g/mol. The van der Waals surface area contributed by atoms with E-state index < -0.39 is 0 Å². The monoisotopic (exact) mass is 392 g/mol. The number of benzene rings is 3. The van der Waals surface area contributed by atoms with Crippen molar-refractivity contribution in [1.82, 2.24) is 0 Å². The van der Waals surface area contributed by atoms with Gasteiger partial charge in [-0.25, -0.2) is 0 Å². The minimum absolute atomic E-state index is 0.0772. The average Bonchev–Trinajstić information content (AvgIpc) is 2.67. The number of ether oxygens (including phenoxy) is 1. The second-order valence-electron chi connectivity index (χ2n) is 5.52. The first-order valence-electron chi connectivity index (χ1n) is 7.96. The van der Waals surface area contributed by atoms with Gasteiger partial charge < -0.3 is 4.74 Å². The number of halogens is 1. The van der Waals surface area contributed by atoms with Gasteiger partial charge in [0, 0.05) is 4.47 Å². The molecule has 0 saturated heterocycles. The van der Waals surface area contributed by atoms with Crippen LogP contribution in [0.1, 0.15) is 21.5 Å². The van der Waals surface area contributed by atoms with E-state index in [1.54, 1.807) is 12.1 Å². The normalized spacial score (nSPS) is 10.8. The van der Waals surface area contributed by atoms with Crippen LogP contribution in [0.15, 0.2) is 89.4 Å². The Morgan fingerprint density at radius 1 is 0.880 bits per heavy atom. The van der Waals surface area contributed by atoms with Gasteiger partial charge in [-0.2, -0.15) is 0 Å². The van der Waals surface area contributed by atoms with Crippen LogP contribution in [0, 0.1) is 0 Å². The van der Waals surface area contributed by atoms with Gasteiger partial charge >= 0.3 is 0 Å². The topological polar surface area (TPSA) is 26.3 Å².